The van der Waals surface area contributed by atoms with Crippen LogP contribution in [-0.4, -0.2) is 15.4 Å². The molecule has 0 aromatic heterocycles. The van der Waals surface area contributed by atoms with Gasteiger partial charge in [0.2, 0.25) is 0 Å². The third-order valence-electron chi connectivity index (χ3n) is 1.25. The molecule has 0 heterocycles. The Labute approximate surface area is 76.7 Å². The Kier molecular flexibility index (Phi) is 3.06. The zero-order valence-electron chi connectivity index (χ0n) is 7.79. The second-order valence-corrected chi connectivity index (χ2v) is 4.67. The van der Waals surface area contributed by atoms with Crippen molar-refractivity contribution in [2.24, 2.45) is 0 Å². The first-order valence-electron chi connectivity index (χ1n) is 4.07. The summed E-state index contributed by atoms with van der Waals surface area (Å²) in [6.07, 6.45) is 0. The van der Waals surface area contributed by atoms with Crippen molar-refractivity contribution < 1.29 is 4.43 Å². The van der Waals surface area contributed by atoms with E-state index in [9.17, 15) is 0 Å². The molecule has 1 rings (SSSR count). The standard InChI is InChI=1S/C10H14OSi/c1-10(2,3)11-12-9-7-5-4-6-8-9/h4-8H,1-3H3. The Hall–Kier alpha value is -0.603. The number of hydrogen-bond donors (Lipinski definition) is 0. The Bertz CT molecular complexity index is 225. The molecule has 0 bridgehead atoms. The van der Waals surface area contributed by atoms with E-state index in [0.717, 1.165) is 0 Å². The fraction of sp³-hybridized carbons (Fsp3) is 0.400. The highest BCUT2D eigenvalue weighted by Crippen LogP contribution is 2.04. The van der Waals surface area contributed by atoms with E-state index in [2.05, 4.69) is 32.9 Å². The molecular weight excluding hydrogens is 164 g/mol. The molecule has 0 aliphatic carbocycles. The van der Waals surface area contributed by atoms with Crippen LogP contribution in [0.1, 0.15) is 20.8 Å². The Morgan fingerprint density at radius 3 is 2.17 bits per heavy atom. The van der Waals surface area contributed by atoms with E-state index in [1.807, 2.05) is 18.2 Å². The van der Waals surface area contributed by atoms with Crippen LogP contribution in [0.15, 0.2) is 30.3 Å². The second kappa shape index (κ2) is 3.87. The number of rotatable bonds is 2. The number of benzene rings is 1. The highest BCUT2D eigenvalue weighted by molar-refractivity contribution is 6.46. The van der Waals surface area contributed by atoms with Crippen LogP contribution >= 0.6 is 0 Å². The summed E-state index contributed by atoms with van der Waals surface area (Å²) in [5.74, 6) is 0. The largest absolute Gasteiger partial charge is 0.407 e. The van der Waals surface area contributed by atoms with Gasteiger partial charge < -0.3 is 4.43 Å². The van der Waals surface area contributed by atoms with Crippen LogP contribution in [0.25, 0.3) is 0 Å². The maximum atomic E-state index is 5.64. The van der Waals surface area contributed by atoms with E-state index in [1.165, 1.54) is 5.19 Å². The normalized spacial score (nSPS) is 11.6. The van der Waals surface area contributed by atoms with E-state index in [4.69, 9.17) is 4.43 Å². The van der Waals surface area contributed by atoms with Crippen LogP contribution in [0.3, 0.4) is 0 Å². The van der Waals surface area contributed by atoms with Crippen molar-refractivity contribution in [1.82, 2.24) is 0 Å². The summed E-state index contributed by atoms with van der Waals surface area (Å²) in [6, 6.07) is 10.3. The van der Waals surface area contributed by atoms with Gasteiger partial charge in [0, 0.05) is 5.60 Å². The summed E-state index contributed by atoms with van der Waals surface area (Å²) < 4.78 is 5.64. The van der Waals surface area contributed by atoms with Gasteiger partial charge >= 0.3 is 0 Å². The molecule has 0 unspecified atom stereocenters. The van der Waals surface area contributed by atoms with Gasteiger partial charge in [-0.25, -0.2) is 0 Å². The molecule has 12 heavy (non-hydrogen) atoms. The molecule has 0 fully saturated rings. The first-order chi connectivity index (χ1) is 5.58. The molecule has 0 saturated carbocycles. The molecule has 0 N–H and O–H groups in total. The molecule has 1 aromatic rings. The molecule has 1 aromatic carbocycles. The van der Waals surface area contributed by atoms with Crippen molar-refractivity contribution in [2.45, 2.75) is 26.4 Å². The lowest BCUT2D eigenvalue weighted by Gasteiger charge is -2.18. The summed E-state index contributed by atoms with van der Waals surface area (Å²) in [7, 11) is 0.456. The smallest absolute Gasteiger partial charge is 0.269 e. The Morgan fingerprint density at radius 2 is 1.67 bits per heavy atom. The predicted molar refractivity (Wildman–Crippen MR) is 52.7 cm³/mol. The van der Waals surface area contributed by atoms with E-state index in [1.54, 1.807) is 0 Å². The van der Waals surface area contributed by atoms with Gasteiger partial charge in [0.25, 0.3) is 9.76 Å². The Morgan fingerprint density at radius 1 is 1.08 bits per heavy atom. The lowest BCUT2D eigenvalue weighted by molar-refractivity contribution is 0.142. The monoisotopic (exact) mass is 178 g/mol. The van der Waals surface area contributed by atoms with Crippen LogP contribution < -0.4 is 5.19 Å². The average molecular weight is 178 g/mol. The second-order valence-electron chi connectivity index (χ2n) is 3.68. The number of hydrogen-bond acceptors (Lipinski definition) is 1. The predicted octanol–water partition coefficient (Wildman–Crippen LogP) is 1.75. The quantitative estimate of drug-likeness (QED) is 0.627. The highest BCUT2D eigenvalue weighted by atomic mass is 28.2. The fourth-order valence-corrected chi connectivity index (χ4v) is 1.47. The van der Waals surface area contributed by atoms with Crippen LogP contribution in [0.4, 0.5) is 0 Å². The maximum Gasteiger partial charge on any atom is 0.269 e. The SMILES string of the molecule is CC(C)(C)O[Si]c1ccccc1. The highest BCUT2D eigenvalue weighted by Gasteiger charge is 2.10. The van der Waals surface area contributed by atoms with Crippen molar-refractivity contribution in [2.75, 3.05) is 0 Å². The minimum absolute atomic E-state index is 0.0334. The third-order valence-corrected chi connectivity index (χ3v) is 2.53. The van der Waals surface area contributed by atoms with Crippen molar-refractivity contribution in [3.05, 3.63) is 30.3 Å². The van der Waals surface area contributed by atoms with Gasteiger partial charge in [0.1, 0.15) is 0 Å². The van der Waals surface area contributed by atoms with Crippen LogP contribution in [0, 0.1) is 0 Å². The summed E-state index contributed by atoms with van der Waals surface area (Å²) >= 11 is 0. The molecule has 0 aliphatic heterocycles. The van der Waals surface area contributed by atoms with E-state index < -0.39 is 0 Å². The fourth-order valence-electron chi connectivity index (χ4n) is 0.718. The minimum Gasteiger partial charge on any atom is -0.407 e. The summed E-state index contributed by atoms with van der Waals surface area (Å²) in [5.41, 5.74) is -0.0334. The molecule has 0 amide bonds. The lowest BCUT2D eigenvalue weighted by atomic mass is 10.2. The summed E-state index contributed by atoms with van der Waals surface area (Å²) in [5, 5.41) is 1.26. The molecular formula is C10H14OSi. The maximum absolute atomic E-state index is 5.64. The van der Waals surface area contributed by atoms with Gasteiger partial charge in [-0.05, 0) is 26.0 Å². The zero-order chi connectivity index (χ0) is 9.03. The first-order valence-corrected chi connectivity index (χ1v) is 4.98. The van der Waals surface area contributed by atoms with Crippen LogP contribution in [-0.2, 0) is 4.43 Å². The molecule has 0 saturated heterocycles. The zero-order valence-corrected chi connectivity index (χ0v) is 8.79. The van der Waals surface area contributed by atoms with E-state index >= 15 is 0 Å². The van der Waals surface area contributed by atoms with E-state index in [0.29, 0.717) is 9.76 Å². The summed E-state index contributed by atoms with van der Waals surface area (Å²) in [6.45, 7) is 6.22. The first kappa shape index (κ1) is 9.48. The lowest BCUT2D eigenvalue weighted by Crippen LogP contribution is -2.28. The van der Waals surface area contributed by atoms with E-state index in [-0.39, 0.29) is 5.60 Å². The minimum atomic E-state index is -0.0334. The molecule has 2 radical (unpaired) electrons. The van der Waals surface area contributed by atoms with Gasteiger partial charge in [0.05, 0.1) is 0 Å². The van der Waals surface area contributed by atoms with Crippen LogP contribution in [0.2, 0.25) is 0 Å². The van der Waals surface area contributed by atoms with Gasteiger partial charge in [0.15, 0.2) is 0 Å². The van der Waals surface area contributed by atoms with Gasteiger partial charge in [-0.1, -0.05) is 30.3 Å². The molecule has 0 aliphatic rings. The molecule has 64 valence electrons. The average Bonchev–Trinajstić information content (AvgIpc) is 2.02. The van der Waals surface area contributed by atoms with Crippen molar-refractivity contribution in [1.29, 1.82) is 0 Å². The van der Waals surface area contributed by atoms with Gasteiger partial charge in [-0.3, -0.25) is 0 Å². The molecule has 0 spiro atoms. The third kappa shape index (κ3) is 3.69. The van der Waals surface area contributed by atoms with Crippen LogP contribution in [0.5, 0.6) is 0 Å². The molecule has 1 nitrogen and oxygen atoms in total. The van der Waals surface area contributed by atoms with Gasteiger partial charge in [-0.2, -0.15) is 0 Å². The molecule has 0 atom stereocenters. The topological polar surface area (TPSA) is 9.23 Å². The van der Waals surface area contributed by atoms with Crippen molar-refractivity contribution in [3.63, 3.8) is 0 Å². The van der Waals surface area contributed by atoms with Crippen molar-refractivity contribution in [3.8, 4) is 0 Å². The Balaban J connectivity index is 2.44. The van der Waals surface area contributed by atoms with Gasteiger partial charge in [-0.15, -0.1) is 0 Å². The summed E-state index contributed by atoms with van der Waals surface area (Å²) in [4.78, 5) is 0. The van der Waals surface area contributed by atoms with Crippen molar-refractivity contribution >= 4 is 14.9 Å². The molecule has 2 heteroatoms.